The zero-order valence-electron chi connectivity index (χ0n) is 23.7. The van der Waals surface area contributed by atoms with Crippen molar-refractivity contribution >= 4 is 29.8 Å². The van der Waals surface area contributed by atoms with Gasteiger partial charge in [-0.1, -0.05) is 61.7 Å². The number of benzene rings is 2. The van der Waals surface area contributed by atoms with E-state index in [0.717, 1.165) is 75.3 Å². The second-order valence-corrected chi connectivity index (χ2v) is 11.9. The van der Waals surface area contributed by atoms with Crippen molar-refractivity contribution in [3.05, 3.63) is 77.2 Å². The number of rotatable bonds is 15. The highest BCUT2D eigenvalue weighted by molar-refractivity contribution is 7.75. The number of nitrogens with zero attached hydrogens (tertiary/aromatic N) is 2. The number of nitrogens with one attached hydrogen (secondary N) is 1. The number of carbonyl (C=O) groups excluding carboxylic acids is 1. The van der Waals surface area contributed by atoms with E-state index in [9.17, 15) is 9.90 Å². The number of unbranched alkanes of at least 4 members (excludes halogenated alkanes) is 3. The van der Waals surface area contributed by atoms with Gasteiger partial charge in [-0.25, -0.2) is 0 Å². The van der Waals surface area contributed by atoms with E-state index in [1.165, 1.54) is 23.7 Å². The molecule has 39 heavy (non-hydrogen) atoms. The Morgan fingerprint density at radius 1 is 1.05 bits per heavy atom. The van der Waals surface area contributed by atoms with Crippen LogP contribution in [0.3, 0.4) is 0 Å². The second-order valence-electron chi connectivity index (χ2n) is 10.8. The molecule has 1 amide bonds. The van der Waals surface area contributed by atoms with Crippen LogP contribution in [0.5, 0.6) is 0 Å². The topological polar surface area (TPSA) is 90.6 Å². The van der Waals surface area contributed by atoms with Gasteiger partial charge in [0, 0.05) is 24.3 Å². The molecule has 3 rings (SSSR count). The van der Waals surface area contributed by atoms with E-state index in [2.05, 4.69) is 38.8 Å². The molecule has 1 saturated heterocycles. The van der Waals surface area contributed by atoms with E-state index < -0.39 is 5.60 Å². The monoisotopic (exact) mass is 554 g/mol. The van der Waals surface area contributed by atoms with Gasteiger partial charge in [-0.2, -0.15) is 0 Å². The first kappa shape index (κ1) is 30.7. The van der Waals surface area contributed by atoms with Gasteiger partial charge in [-0.3, -0.25) is 10.2 Å². The summed E-state index contributed by atoms with van der Waals surface area (Å²) in [6.07, 6.45) is 6.07. The molecule has 1 aliphatic rings. The summed E-state index contributed by atoms with van der Waals surface area (Å²) in [6.45, 7) is 9.43. The molecule has 7 nitrogen and oxygen atoms in total. The van der Waals surface area contributed by atoms with Crippen molar-refractivity contribution in [3.8, 4) is 0 Å². The maximum Gasteiger partial charge on any atom is 0.293 e. The number of aryl methyl sites for hydroxylation is 1. The second kappa shape index (κ2) is 15.7. The van der Waals surface area contributed by atoms with Gasteiger partial charge in [-0.15, -0.1) is 4.31 Å². The number of hydrogen-bond acceptors (Lipinski definition) is 5. The van der Waals surface area contributed by atoms with Crippen LogP contribution in [0, 0.1) is 6.92 Å². The number of piperazine rings is 1. The Kier molecular flexibility index (Phi) is 12.4. The molecule has 1 fully saturated rings. The molecule has 0 saturated carbocycles. The van der Waals surface area contributed by atoms with Crippen LogP contribution in [0.15, 0.2) is 66.1 Å². The van der Waals surface area contributed by atoms with E-state index in [-0.39, 0.29) is 11.7 Å². The van der Waals surface area contributed by atoms with Crippen LogP contribution in [0.4, 0.5) is 5.69 Å². The zero-order chi connectivity index (χ0) is 28.1. The first-order valence-corrected chi connectivity index (χ1v) is 15.0. The molecular formula is C31H46N4O3S+2. The van der Waals surface area contributed by atoms with E-state index in [1.807, 2.05) is 51.1 Å². The smallest absolute Gasteiger partial charge is 0.293 e. The summed E-state index contributed by atoms with van der Waals surface area (Å²) >= 11 is 1.28. The predicted molar refractivity (Wildman–Crippen MR) is 162 cm³/mol. The zero-order valence-corrected chi connectivity index (χ0v) is 24.6. The Labute approximate surface area is 238 Å². The highest BCUT2D eigenvalue weighted by atomic mass is 32.2. The molecule has 0 aromatic heterocycles. The fourth-order valence-electron chi connectivity index (χ4n) is 4.52. The molecule has 0 spiro atoms. The van der Waals surface area contributed by atoms with Gasteiger partial charge >= 0.3 is 0 Å². The average Bonchev–Trinajstić information content (AvgIpc) is 2.91. The van der Waals surface area contributed by atoms with Gasteiger partial charge in [0.05, 0.1) is 37.2 Å². The quantitative estimate of drug-likeness (QED) is 0.0785. The third-order valence-corrected chi connectivity index (χ3v) is 8.00. The molecule has 4 N–H and O–H groups in total. The summed E-state index contributed by atoms with van der Waals surface area (Å²) in [7, 11) is 0. The van der Waals surface area contributed by atoms with Crippen LogP contribution in [0.2, 0.25) is 0 Å². The Morgan fingerprint density at radius 3 is 2.44 bits per heavy atom. The summed E-state index contributed by atoms with van der Waals surface area (Å²) in [4.78, 5) is 15.6. The standard InChI is InChI=1S/C31H44N4O3S/c1-25-12-11-15-27(22-25)33-30(36)29(38-21-10-5-4-9-16-31(2,3)37)28(23-32)34-17-19-35(20-18-34)39-24-26-13-7-6-8-14-26/h6-8,11-15,22-23,32,37H,4-5,9-10,16-21,24H2,1-3H3,(H,33,36)/p+2/b29-28-,32-23?. The number of hydrogen-bond donors (Lipinski definition) is 3. The molecule has 0 atom stereocenters. The Bertz CT molecular complexity index is 1080. The Hall–Kier alpha value is -2.81. The van der Waals surface area contributed by atoms with Crippen molar-refractivity contribution in [2.24, 2.45) is 0 Å². The van der Waals surface area contributed by atoms with Gasteiger partial charge in [0.25, 0.3) is 5.91 Å². The van der Waals surface area contributed by atoms with Gasteiger partial charge in [0.15, 0.2) is 6.21 Å². The minimum absolute atomic E-state index is 0.269. The minimum Gasteiger partial charge on any atom is -0.486 e. The maximum absolute atomic E-state index is 13.4. The maximum atomic E-state index is 13.4. The van der Waals surface area contributed by atoms with Crippen LogP contribution in [0.25, 0.3) is 0 Å². The van der Waals surface area contributed by atoms with Crippen LogP contribution in [-0.2, 0) is 27.2 Å². The van der Waals surface area contributed by atoms with Crippen LogP contribution in [-0.4, -0.2) is 64.8 Å². The Morgan fingerprint density at radius 2 is 1.77 bits per heavy atom. The first-order chi connectivity index (χ1) is 18.7. The fourth-order valence-corrected chi connectivity index (χ4v) is 5.56. The van der Waals surface area contributed by atoms with Crippen molar-refractivity contribution in [2.45, 2.75) is 64.2 Å². The van der Waals surface area contributed by atoms with Gasteiger partial charge in [-0.05, 0) is 51.3 Å². The third kappa shape index (κ3) is 11.1. The number of ether oxygens (including phenoxy) is 1. The molecule has 0 bridgehead atoms. The number of aliphatic hydroxyl groups is 1. The first-order valence-electron chi connectivity index (χ1n) is 14.0. The molecule has 0 radical (unpaired) electrons. The van der Waals surface area contributed by atoms with Crippen molar-refractivity contribution in [2.75, 3.05) is 38.1 Å². The SMILES string of the molecule is Cc1cccc(NC(=O)/C(OCCCCCCC(C)(C)O)=C(\C=[NH2+])N2CCN([SH+]Cc3ccccc3)CC2)c1. The van der Waals surface area contributed by atoms with Crippen LogP contribution in [0.1, 0.15) is 57.1 Å². The molecule has 0 unspecified atom stereocenters. The summed E-state index contributed by atoms with van der Waals surface area (Å²) < 4.78 is 8.57. The van der Waals surface area contributed by atoms with E-state index in [4.69, 9.17) is 10.1 Å². The number of carbonyl (C=O) groups is 1. The largest absolute Gasteiger partial charge is 0.486 e. The molecular weight excluding hydrogens is 508 g/mol. The number of thiol groups is 1. The molecule has 2 aromatic rings. The Balaban J connectivity index is 1.62. The van der Waals surface area contributed by atoms with Crippen molar-refractivity contribution in [1.82, 2.24) is 9.21 Å². The highest BCUT2D eigenvalue weighted by Gasteiger charge is 2.28. The number of allylic oxidation sites excluding steroid dienone is 1. The molecule has 8 heteroatoms. The average molecular weight is 555 g/mol. The number of nitrogens with two attached hydrogens (primary N) is 1. The van der Waals surface area contributed by atoms with Gasteiger partial charge in [0.2, 0.25) is 5.76 Å². The molecule has 2 aromatic carbocycles. The van der Waals surface area contributed by atoms with Crippen LogP contribution < -0.4 is 10.7 Å². The lowest BCUT2D eigenvalue weighted by molar-refractivity contribution is -0.117. The summed E-state index contributed by atoms with van der Waals surface area (Å²) in [5.74, 6) is 0.977. The summed E-state index contributed by atoms with van der Waals surface area (Å²) in [6, 6.07) is 18.3. The van der Waals surface area contributed by atoms with Crippen LogP contribution >= 0.6 is 0 Å². The third-order valence-electron chi connectivity index (χ3n) is 6.69. The lowest BCUT2D eigenvalue weighted by Crippen LogP contribution is -2.48. The minimum atomic E-state index is -0.628. The molecule has 1 aliphatic heterocycles. The molecule has 212 valence electrons. The van der Waals surface area contributed by atoms with Gasteiger partial charge < -0.3 is 20.1 Å². The van der Waals surface area contributed by atoms with E-state index >= 15 is 0 Å². The van der Waals surface area contributed by atoms with E-state index in [1.54, 1.807) is 0 Å². The van der Waals surface area contributed by atoms with E-state index in [0.29, 0.717) is 12.3 Å². The van der Waals surface area contributed by atoms with Crippen molar-refractivity contribution in [1.29, 1.82) is 0 Å². The molecule has 0 aliphatic carbocycles. The van der Waals surface area contributed by atoms with Crippen molar-refractivity contribution in [3.63, 3.8) is 0 Å². The van der Waals surface area contributed by atoms with Crippen molar-refractivity contribution < 1.29 is 20.0 Å². The lowest BCUT2D eigenvalue weighted by atomic mass is 10.0. The number of amides is 1. The lowest BCUT2D eigenvalue weighted by Gasteiger charge is -2.32. The summed E-state index contributed by atoms with van der Waals surface area (Å²) in [5.41, 5.74) is 3.15. The summed E-state index contributed by atoms with van der Waals surface area (Å²) in [5, 5.41) is 19.0. The van der Waals surface area contributed by atoms with Gasteiger partial charge in [0.1, 0.15) is 11.4 Å². The fraction of sp³-hybridized carbons (Fsp3) is 0.484. The predicted octanol–water partition coefficient (Wildman–Crippen LogP) is 3.26. The normalized spacial score (nSPS) is 15.0. The number of anilines is 1. The molecule has 1 heterocycles. The highest BCUT2D eigenvalue weighted by Crippen LogP contribution is 2.19.